The number of carbonyl (C=O) groups is 1. The Hall–Kier alpha value is -2.16. The maximum absolute atomic E-state index is 11.9. The van der Waals surface area contributed by atoms with Crippen LogP contribution in [0.25, 0.3) is 11.3 Å². The lowest BCUT2D eigenvalue weighted by Crippen LogP contribution is -2.33. The minimum Gasteiger partial charge on any atom is -0.355 e. The van der Waals surface area contributed by atoms with Crippen LogP contribution in [0.4, 0.5) is 0 Å². The lowest BCUT2D eigenvalue weighted by Gasteiger charge is -2.18. The number of carbonyl (C=O) groups excluding carboxylic acids is 1. The third-order valence-electron chi connectivity index (χ3n) is 3.10. The number of benzene rings is 1. The van der Waals surface area contributed by atoms with Crippen molar-refractivity contribution >= 4 is 5.91 Å². The van der Waals surface area contributed by atoms with Gasteiger partial charge >= 0.3 is 0 Å². The zero-order valence-corrected chi connectivity index (χ0v) is 12.9. The smallest absolute Gasteiger partial charge is 0.224 e. The van der Waals surface area contributed by atoms with E-state index in [1.165, 1.54) is 0 Å². The molecule has 0 saturated carbocycles. The molecule has 0 aliphatic carbocycles. The minimum absolute atomic E-state index is 0.0653. The number of amides is 1. The van der Waals surface area contributed by atoms with Crippen molar-refractivity contribution in [3.8, 4) is 11.3 Å². The van der Waals surface area contributed by atoms with E-state index in [9.17, 15) is 4.79 Å². The Morgan fingerprint density at radius 1 is 1.10 bits per heavy atom. The number of rotatable bonds is 4. The second-order valence-corrected chi connectivity index (χ2v) is 6.43. The van der Waals surface area contributed by atoms with Crippen molar-refractivity contribution in [2.24, 2.45) is 5.41 Å². The van der Waals surface area contributed by atoms with Gasteiger partial charge < -0.3 is 5.32 Å². The molecule has 0 spiro atoms. The maximum atomic E-state index is 11.9. The monoisotopic (exact) mass is 282 g/mol. The first-order valence-corrected chi connectivity index (χ1v) is 7.21. The number of nitrogens with zero attached hydrogens (tertiary/aromatic N) is 1. The van der Waals surface area contributed by atoms with Crippen LogP contribution in [0.5, 0.6) is 0 Å². The summed E-state index contributed by atoms with van der Waals surface area (Å²) in [7, 11) is 0. The third kappa shape index (κ3) is 5.03. The zero-order chi connectivity index (χ0) is 15.3. The molecule has 0 atom stereocenters. The van der Waals surface area contributed by atoms with Crippen LogP contribution in [0.3, 0.4) is 0 Å². The normalized spacial score (nSPS) is 11.2. The molecule has 2 rings (SSSR count). The third-order valence-corrected chi connectivity index (χ3v) is 3.10. The van der Waals surface area contributed by atoms with Gasteiger partial charge in [0.15, 0.2) is 0 Å². The Balaban J connectivity index is 1.95. The predicted octanol–water partition coefficient (Wildman–Crippen LogP) is 3.45. The molecule has 0 bridgehead atoms. The molecule has 2 aromatic rings. The molecule has 0 unspecified atom stereocenters. The molecule has 0 fully saturated rings. The van der Waals surface area contributed by atoms with Crippen molar-refractivity contribution in [3.05, 3.63) is 54.2 Å². The SMILES string of the molecule is CC(C)(C)CNC(=O)Cc1ccc(-c2ccccn2)cc1. The van der Waals surface area contributed by atoms with E-state index in [2.05, 4.69) is 31.1 Å². The Labute approximate surface area is 126 Å². The number of aromatic nitrogens is 1. The number of hydrogen-bond acceptors (Lipinski definition) is 2. The number of nitrogens with one attached hydrogen (secondary N) is 1. The molecule has 110 valence electrons. The average Bonchev–Trinajstić information content (AvgIpc) is 2.46. The van der Waals surface area contributed by atoms with Crippen molar-refractivity contribution < 1.29 is 4.79 Å². The van der Waals surface area contributed by atoms with Crippen molar-refractivity contribution in [1.82, 2.24) is 10.3 Å². The summed E-state index contributed by atoms with van der Waals surface area (Å²) in [6.07, 6.45) is 2.20. The Morgan fingerprint density at radius 3 is 2.38 bits per heavy atom. The molecule has 3 heteroatoms. The summed E-state index contributed by atoms with van der Waals surface area (Å²) in [6.45, 7) is 7.01. The van der Waals surface area contributed by atoms with Gasteiger partial charge in [-0.1, -0.05) is 51.1 Å². The standard InChI is InChI=1S/C18H22N2O/c1-18(2,3)13-20-17(21)12-14-7-9-15(10-8-14)16-6-4-5-11-19-16/h4-11H,12-13H2,1-3H3,(H,20,21). The van der Waals surface area contributed by atoms with Crippen LogP contribution >= 0.6 is 0 Å². The van der Waals surface area contributed by atoms with Crippen LogP contribution < -0.4 is 5.32 Å². The first-order chi connectivity index (χ1) is 9.94. The fraction of sp³-hybridized carbons (Fsp3) is 0.333. The summed E-state index contributed by atoms with van der Waals surface area (Å²) in [5.74, 6) is 0.0653. The molecular formula is C18H22N2O. The summed E-state index contributed by atoms with van der Waals surface area (Å²) in [5.41, 5.74) is 3.13. The molecule has 1 aromatic heterocycles. The van der Waals surface area contributed by atoms with Crippen LogP contribution in [0.1, 0.15) is 26.3 Å². The second-order valence-electron chi connectivity index (χ2n) is 6.43. The molecule has 0 aliphatic rings. The van der Waals surface area contributed by atoms with Gasteiger partial charge in [-0.3, -0.25) is 9.78 Å². The van der Waals surface area contributed by atoms with Gasteiger partial charge in [-0.05, 0) is 23.1 Å². The summed E-state index contributed by atoms with van der Waals surface area (Å²) in [4.78, 5) is 16.2. The van der Waals surface area contributed by atoms with Gasteiger partial charge in [-0.2, -0.15) is 0 Å². The summed E-state index contributed by atoms with van der Waals surface area (Å²) in [6, 6.07) is 13.8. The van der Waals surface area contributed by atoms with Gasteiger partial charge in [-0.25, -0.2) is 0 Å². The highest BCUT2D eigenvalue weighted by molar-refractivity contribution is 5.78. The van der Waals surface area contributed by atoms with Crippen LogP contribution in [0, 0.1) is 5.41 Å². The predicted molar refractivity (Wildman–Crippen MR) is 85.8 cm³/mol. The number of hydrogen-bond donors (Lipinski definition) is 1. The largest absolute Gasteiger partial charge is 0.355 e. The van der Waals surface area contributed by atoms with Gasteiger partial charge in [0.2, 0.25) is 5.91 Å². The highest BCUT2D eigenvalue weighted by atomic mass is 16.1. The lowest BCUT2D eigenvalue weighted by atomic mass is 9.97. The zero-order valence-electron chi connectivity index (χ0n) is 12.9. The summed E-state index contributed by atoms with van der Waals surface area (Å²) >= 11 is 0. The molecule has 21 heavy (non-hydrogen) atoms. The van der Waals surface area contributed by atoms with Crippen LogP contribution in [-0.4, -0.2) is 17.4 Å². The van der Waals surface area contributed by atoms with Crippen molar-refractivity contribution in [2.75, 3.05) is 6.54 Å². The molecule has 3 nitrogen and oxygen atoms in total. The molecule has 0 saturated heterocycles. The molecule has 0 radical (unpaired) electrons. The van der Waals surface area contributed by atoms with Crippen LogP contribution in [0.15, 0.2) is 48.7 Å². The first-order valence-electron chi connectivity index (χ1n) is 7.21. The molecule has 1 heterocycles. The summed E-state index contributed by atoms with van der Waals surface area (Å²) in [5, 5.41) is 2.97. The van der Waals surface area contributed by atoms with E-state index in [0.29, 0.717) is 13.0 Å². The van der Waals surface area contributed by atoms with Gasteiger partial charge in [0.05, 0.1) is 12.1 Å². The topological polar surface area (TPSA) is 42.0 Å². The molecule has 0 aliphatic heterocycles. The van der Waals surface area contributed by atoms with Crippen LogP contribution in [0.2, 0.25) is 0 Å². The molecule has 1 N–H and O–H groups in total. The quantitative estimate of drug-likeness (QED) is 0.933. The Kier molecular flexibility index (Phi) is 4.73. The highest BCUT2D eigenvalue weighted by Crippen LogP contribution is 2.17. The van der Waals surface area contributed by atoms with Gasteiger partial charge in [0, 0.05) is 18.3 Å². The minimum atomic E-state index is 0.0653. The fourth-order valence-corrected chi connectivity index (χ4v) is 1.94. The number of pyridine rings is 1. The van der Waals surface area contributed by atoms with Gasteiger partial charge in [-0.15, -0.1) is 0 Å². The van der Waals surface area contributed by atoms with E-state index in [1.807, 2.05) is 42.5 Å². The average molecular weight is 282 g/mol. The second kappa shape index (κ2) is 6.53. The maximum Gasteiger partial charge on any atom is 0.224 e. The van der Waals surface area contributed by atoms with E-state index in [0.717, 1.165) is 16.8 Å². The lowest BCUT2D eigenvalue weighted by molar-refractivity contribution is -0.120. The fourth-order valence-electron chi connectivity index (χ4n) is 1.94. The van der Waals surface area contributed by atoms with Crippen molar-refractivity contribution in [3.63, 3.8) is 0 Å². The molecule has 1 amide bonds. The van der Waals surface area contributed by atoms with E-state index in [1.54, 1.807) is 6.20 Å². The van der Waals surface area contributed by atoms with Crippen molar-refractivity contribution in [2.45, 2.75) is 27.2 Å². The van der Waals surface area contributed by atoms with E-state index >= 15 is 0 Å². The highest BCUT2D eigenvalue weighted by Gasteiger charge is 2.12. The van der Waals surface area contributed by atoms with Gasteiger partial charge in [0.1, 0.15) is 0 Å². The van der Waals surface area contributed by atoms with E-state index < -0.39 is 0 Å². The Bertz CT molecular complexity index is 583. The molecule has 1 aromatic carbocycles. The Morgan fingerprint density at radius 2 is 1.81 bits per heavy atom. The first kappa shape index (κ1) is 15.2. The van der Waals surface area contributed by atoms with E-state index in [-0.39, 0.29) is 11.3 Å². The van der Waals surface area contributed by atoms with Crippen molar-refractivity contribution in [1.29, 1.82) is 0 Å². The van der Waals surface area contributed by atoms with Gasteiger partial charge in [0.25, 0.3) is 0 Å². The van der Waals surface area contributed by atoms with Crippen LogP contribution in [-0.2, 0) is 11.2 Å². The summed E-state index contributed by atoms with van der Waals surface area (Å²) < 4.78 is 0. The molecular weight excluding hydrogens is 260 g/mol. The van der Waals surface area contributed by atoms with E-state index in [4.69, 9.17) is 0 Å².